The molecule has 1 amide bonds. The summed E-state index contributed by atoms with van der Waals surface area (Å²) in [5, 5.41) is 7.09. The second-order valence-electron chi connectivity index (χ2n) is 5.65. The Morgan fingerprint density at radius 3 is 3.00 bits per heavy atom. The summed E-state index contributed by atoms with van der Waals surface area (Å²) in [6.07, 6.45) is 6.11. The number of nitrogens with zero attached hydrogens (tertiary/aromatic N) is 3. The molecule has 126 valence electrons. The highest BCUT2D eigenvalue weighted by molar-refractivity contribution is 5.85. The third kappa shape index (κ3) is 5.25. The zero-order chi connectivity index (χ0) is 15.1. The van der Waals surface area contributed by atoms with Gasteiger partial charge in [-0.2, -0.15) is 4.98 Å². The van der Waals surface area contributed by atoms with E-state index in [4.69, 9.17) is 4.52 Å². The van der Waals surface area contributed by atoms with Gasteiger partial charge in [-0.05, 0) is 32.7 Å². The number of carbonyl (C=O) groups excluding carboxylic acids is 1. The first kappa shape index (κ1) is 18.9. The largest absolute Gasteiger partial charge is 0.339 e. The quantitative estimate of drug-likeness (QED) is 0.789. The van der Waals surface area contributed by atoms with Gasteiger partial charge in [0, 0.05) is 38.4 Å². The molecule has 1 fully saturated rings. The van der Waals surface area contributed by atoms with Crippen LogP contribution in [0.5, 0.6) is 0 Å². The zero-order valence-electron chi connectivity index (χ0n) is 13.5. The number of rotatable bonds is 8. The van der Waals surface area contributed by atoms with Crippen molar-refractivity contribution in [2.75, 3.05) is 20.1 Å². The number of hydrogen-bond acceptors (Lipinski definition) is 5. The summed E-state index contributed by atoms with van der Waals surface area (Å²) in [6.45, 7) is 3.87. The number of carbonyl (C=O) groups is 1. The molecule has 2 rings (SSSR count). The fraction of sp³-hybridized carbons (Fsp3) is 0.800. The van der Waals surface area contributed by atoms with E-state index in [0.717, 1.165) is 51.0 Å². The van der Waals surface area contributed by atoms with Crippen molar-refractivity contribution in [3.8, 4) is 0 Å². The Kier molecular flexibility index (Phi) is 8.42. The third-order valence-corrected chi connectivity index (χ3v) is 3.90. The molecule has 0 saturated carbocycles. The normalized spacial score (nSPS) is 17.5. The molecular formula is C15H27ClN4O2. The summed E-state index contributed by atoms with van der Waals surface area (Å²) in [5.74, 6) is 1.67. The van der Waals surface area contributed by atoms with Crippen LogP contribution in [0.3, 0.4) is 0 Å². The van der Waals surface area contributed by atoms with Gasteiger partial charge in [-0.1, -0.05) is 12.1 Å². The molecule has 0 aromatic carbocycles. The zero-order valence-corrected chi connectivity index (χ0v) is 14.3. The molecule has 6 nitrogen and oxygen atoms in total. The topological polar surface area (TPSA) is 71.3 Å². The maximum Gasteiger partial charge on any atom is 0.226 e. The van der Waals surface area contributed by atoms with E-state index in [1.54, 1.807) is 0 Å². The smallest absolute Gasteiger partial charge is 0.226 e. The summed E-state index contributed by atoms with van der Waals surface area (Å²) in [6, 6.07) is 0.363. The van der Waals surface area contributed by atoms with Crippen LogP contribution < -0.4 is 5.32 Å². The van der Waals surface area contributed by atoms with Gasteiger partial charge >= 0.3 is 0 Å². The van der Waals surface area contributed by atoms with Crippen molar-refractivity contribution >= 4 is 18.3 Å². The van der Waals surface area contributed by atoms with E-state index in [2.05, 4.69) is 22.4 Å². The lowest BCUT2D eigenvalue weighted by Crippen LogP contribution is -2.40. The fourth-order valence-corrected chi connectivity index (χ4v) is 2.86. The summed E-state index contributed by atoms with van der Waals surface area (Å²) in [5.41, 5.74) is 0. The number of nitrogens with one attached hydrogen (secondary N) is 1. The lowest BCUT2D eigenvalue weighted by Gasteiger charge is -2.24. The summed E-state index contributed by atoms with van der Waals surface area (Å²) in [4.78, 5) is 18.6. The number of halogens is 1. The molecule has 1 aromatic heterocycles. The second-order valence-corrected chi connectivity index (χ2v) is 5.65. The van der Waals surface area contributed by atoms with Gasteiger partial charge in [0.1, 0.15) is 0 Å². The molecular weight excluding hydrogens is 304 g/mol. The lowest BCUT2D eigenvalue weighted by molar-refractivity contribution is -0.132. The molecule has 1 aromatic rings. The average Bonchev–Trinajstić information content (AvgIpc) is 3.09. The van der Waals surface area contributed by atoms with Gasteiger partial charge in [0.15, 0.2) is 5.82 Å². The predicted octanol–water partition coefficient (Wildman–Crippen LogP) is 1.98. The van der Waals surface area contributed by atoms with Crippen molar-refractivity contribution in [1.82, 2.24) is 20.4 Å². The van der Waals surface area contributed by atoms with Crippen LogP contribution in [0, 0.1) is 0 Å². The molecule has 1 unspecified atom stereocenters. The highest BCUT2D eigenvalue weighted by atomic mass is 35.5. The van der Waals surface area contributed by atoms with Crippen molar-refractivity contribution in [3.05, 3.63) is 11.7 Å². The third-order valence-electron chi connectivity index (χ3n) is 3.90. The van der Waals surface area contributed by atoms with E-state index in [1.165, 1.54) is 0 Å². The molecule has 1 N–H and O–H groups in total. The molecule has 0 aliphatic carbocycles. The minimum atomic E-state index is 0. The van der Waals surface area contributed by atoms with Crippen LogP contribution in [-0.2, 0) is 17.6 Å². The molecule has 0 bridgehead atoms. The average molecular weight is 331 g/mol. The summed E-state index contributed by atoms with van der Waals surface area (Å²) < 4.78 is 5.19. The number of likely N-dealkylation sites (tertiary alicyclic amines) is 1. The molecule has 0 spiro atoms. The highest BCUT2D eigenvalue weighted by Crippen LogP contribution is 2.18. The van der Waals surface area contributed by atoms with E-state index in [0.29, 0.717) is 24.8 Å². The Morgan fingerprint density at radius 2 is 2.27 bits per heavy atom. The van der Waals surface area contributed by atoms with Crippen LogP contribution in [0.1, 0.15) is 50.7 Å². The Hall–Kier alpha value is -1.14. The van der Waals surface area contributed by atoms with Crippen LogP contribution in [0.25, 0.3) is 0 Å². The number of aromatic nitrogens is 2. The molecule has 2 heterocycles. The van der Waals surface area contributed by atoms with Crippen LogP contribution in [-0.4, -0.2) is 47.1 Å². The van der Waals surface area contributed by atoms with Crippen molar-refractivity contribution in [2.24, 2.45) is 0 Å². The number of amides is 1. The van der Waals surface area contributed by atoms with Crippen molar-refractivity contribution in [1.29, 1.82) is 0 Å². The molecule has 7 heteroatoms. The predicted molar refractivity (Wildman–Crippen MR) is 87.1 cm³/mol. The van der Waals surface area contributed by atoms with E-state index >= 15 is 0 Å². The first-order valence-electron chi connectivity index (χ1n) is 8.00. The first-order valence-corrected chi connectivity index (χ1v) is 8.00. The van der Waals surface area contributed by atoms with E-state index in [9.17, 15) is 4.79 Å². The number of aryl methyl sites for hydroxylation is 2. The van der Waals surface area contributed by atoms with E-state index < -0.39 is 0 Å². The lowest BCUT2D eigenvalue weighted by atomic mass is 10.2. The Bertz CT molecular complexity index is 453. The first-order chi connectivity index (χ1) is 10.2. The van der Waals surface area contributed by atoms with Gasteiger partial charge in [0.05, 0.1) is 0 Å². The van der Waals surface area contributed by atoms with Crippen molar-refractivity contribution < 1.29 is 9.32 Å². The molecule has 0 radical (unpaired) electrons. The number of likely N-dealkylation sites (N-methyl/N-ethyl adjacent to an activating group) is 1. The van der Waals surface area contributed by atoms with Crippen molar-refractivity contribution in [3.63, 3.8) is 0 Å². The fourth-order valence-electron chi connectivity index (χ4n) is 2.86. The minimum absolute atomic E-state index is 0. The Morgan fingerprint density at radius 1 is 1.45 bits per heavy atom. The van der Waals surface area contributed by atoms with Crippen LogP contribution in [0.2, 0.25) is 0 Å². The standard InChI is InChI=1S/C15H26N4O2.ClH/c1-3-6-13-17-14(21-18-13)8-4-9-15(20)19-10-5-7-12(19)11-16-2;/h12,16H,3-11H2,1-2H3;1H. The van der Waals surface area contributed by atoms with Gasteiger partial charge < -0.3 is 14.7 Å². The minimum Gasteiger partial charge on any atom is -0.339 e. The van der Waals surface area contributed by atoms with Crippen LogP contribution >= 0.6 is 12.4 Å². The molecule has 22 heavy (non-hydrogen) atoms. The molecule has 1 atom stereocenters. The highest BCUT2D eigenvalue weighted by Gasteiger charge is 2.27. The van der Waals surface area contributed by atoms with Crippen LogP contribution in [0.4, 0.5) is 0 Å². The van der Waals surface area contributed by atoms with Crippen LogP contribution in [0.15, 0.2) is 4.52 Å². The van der Waals surface area contributed by atoms with E-state index in [-0.39, 0.29) is 18.3 Å². The van der Waals surface area contributed by atoms with Gasteiger partial charge in [-0.15, -0.1) is 12.4 Å². The monoisotopic (exact) mass is 330 g/mol. The number of hydrogen-bond donors (Lipinski definition) is 1. The maximum absolute atomic E-state index is 12.3. The Labute approximate surface area is 138 Å². The second kappa shape index (κ2) is 9.79. The van der Waals surface area contributed by atoms with Gasteiger partial charge in [0.25, 0.3) is 0 Å². The van der Waals surface area contributed by atoms with Gasteiger partial charge in [0.2, 0.25) is 11.8 Å². The molecule has 1 aliphatic heterocycles. The van der Waals surface area contributed by atoms with Crippen molar-refractivity contribution in [2.45, 2.75) is 57.9 Å². The van der Waals surface area contributed by atoms with Gasteiger partial charge in [-0.3, -0.25) is 4.79 Å². The SMILES string of the molecule is CCCc1noc(CCCC(=O)N2CCCC2CNC)n1.Cl. The molecule has 1 saturated heterocycles. The Balaban J connectivity index is 0.00000242. The maximum atomic E-state index is 12.3. The van der Waals surface area contributed by atoms with Gasteiger partial charge in [-0.25, -0.2) is 0 Å². The summed E-state index contributed by atoms with van der Waals surface area (Å²) in [7, 11) is 1.93. The summed E-state index contributed by atoms with van der Waals surface area (Å²) >= 11 is 0. The van der Waals surface area contributed by atoms with E-state index in [1.807, 2.05) is 11.9 Å². The molecule has 1 aliphatic rings.